The molecule has 1 atom stereocenters. The summed E-state index contributed by atoms with van der Waals surface area (Å²) in [7, 11) is 4.13. The summed E-state index contributed by atoms with van der Waals surface area (Å²) >= 11 is 0. The molecule has 37 heavy (non-hydrogen) atoms. The summed E-state index contributed by atoms with van der Waals surface area (Å²) in [6, 6.07) is 4.22. The van der Waals surface area contributed by atoms with Crippen LogP contribution in [-0.4, -0.2) is 61.0 Å². The van der Waals surface area contributed by atoms with Gasteiger partial charge in [0.2, 0.25) is 0 Å². The zero-order chi connectivity index (χ0) is 26.0. The van der Waals surface area contributed by atoms with E-state index in [0.29, 0.717) is 24.1 Å². The van der Waals surface area contributed by atoms with E-state index in [0.717, 1.165) is 85.5 Å². The summed E-state index contributed by atoms with van der Waals surface area (Å²) in [6.45, 7) is 9.66. The summed E-state index contributed by atoms with van der Waals surface area (Å²) in [5.41, 5.74) is 3.02. The Balaban J connectivity index is 1.17. The third-order valence-corrected chi connectivity index (χ3v) is 7.97. The minimum absolute atomic E-state index is 0.637. The molecule has 2 aliphatic heterocycles. The molecule has 0 spiro atoms. The number of rotatable bonds is 10. The van der Waals surface area contributed by atoms with Crippen LogP contribution >= 0.6 is 0 Å². The Bertz CT molecular complexity index is 1170. The number of nitrogens with one attached hydrogen (secondary N) is 1. The number of nitrogens with zero attached hydrogens (tertiary/aromatic N) is 3. The van der Waals surface area contributed by atoms with Gasteiger partial charge in [-0.1, -0.05) is 11.7 Å². The number of halogens is 1. The van der Waals surface area contributed by atoms with Gasteiger partial charge in [-0.05, 0) is 109 Å². The Hall–Kier alpha value is -2.64. The zero-order valence-electron chi connectivity index (χ0n) is 22.6. The molecule has 6 nitrogen and oxygen atoms in total. The van der Waals surface area contributed by atoms with Crippen molar-refractivity contribution in [3.8, 4) is 5.75 Å². The Labute approximate surface area is 220 Å². The normalized spacial score (nSPS) is 23.4. The number of likely N-dealkylation sites (tertiary alicyclic amines) is 1. The Morgan fingerprint density at radius 1 is 1.22 bits per heavy atom. The highest BCUT2D eigenvalue weighted by molar-refractivity contribution is 5.84. The van der Waals surface area contributed by atoms with Gasteiger partial charge in [0.25, 0.3) is 0 Å². The van der Waals surface area contributed by atoms with Crippen molar-refractivity contribution in [2.24, 2.45) is 11.8 Å². The molecule has 1 aliphatic carbocycles. The first-order chi connectivity index (χ1) is 17.8. The van der Waals surface area contributed by atoms with E-state index in [1.165, 1.54) is 12.8 Å². The maximum absolute atomic E-state index is 15.1. The first kappa shape index (κ1) is 26.0. The van der Waals surface area contributed by atoms with Crippen LogP contribution in [0.2, 0.25) is 0 Å². The average molecular weight is 509 g/mol. The van der Waals surface area contributed by atoms with Crippen LogP contribution < -0.4 is 10.1 Å². The van der Waals surface area contributed by atoms with Gasteiger partial charge in [-0.2, -0.15) is 0 Å². The molecule has 1 aromatic heterocycles. The molecule has 3 heterocycles. The smallest absolute Gasteiger partial charge is 0.175 e. The van der Waals surface area contributed by atoms with E-state index >= 15 is 4.39 Å². The van der Waals surface area contributed by atoms with E-state index in [4.69, 9.17) is 9.26 Å². The molecule has 1 aromatic carbocycles. The summed E-state index contributed by atoms with van der Waals surface area (Å²) in [5.74, 6) is 2.27. The number of ether oxygens (including phenoxy) is 1. The molecule has 1 unspecified atom stereocenters. The van der Waals surface area contributed by atoms with Crippen LogP contribution in [0.5, 0.6) is 5.75 Å². The van der Waals surface area contributed by atoms with Crippen LogP contribution in [-0.2, 0) is 13.0 Å². The fraction of sp³-hybridized carbons (Fsp3) is 0.567. The summed E-state index contributed by atoms with van der Waals surface area (Å²) < 4.78 is 27.2. The lowest BCUT2D eigenvalue weighted by Crippen LogP contribution is -2.38. The van der Waals surface area contributed by atoms with E-state index in [2.05, 4.69) is 53.1 Å². The number of hydrogen-bond acceptors (Lipinski definition) is 6. The quantitative estimate of drug-likeness (QED) is 0.450. The molecule has 5 rings (SSSR count). The van der Waals surface area contributed by atoms with Gasteiger partial charge in [0, 0.05) is 35.9 Å². The number of benzene rings is 1. The van der Waals surface area contributed by atoms with E-state index < -0.39 is 5.67 Å². The van der Waals surface area contributed by atoms with Gasteiger partial charge in [-0.3, -0.25) is 4.90 Å². The third kappa shape index (κ3) is 6.44. The van der Waals surface area contributed by atoms with Crippen molar-refractivity contribution >= 4 is 11.0 Å². The van der Waals surface area contributed by atoms with E-state index in [1.54, 1.807) is 25.3 Å². The Morgan fingerprint density at radius 3 is 2.73 bits per heavy atom. The zero-order valence-corrected chi connectivity index (χ0v) is 22.6. The number of alkyl halides is 1. The van der Waals surface area contributed by atoms with E-state index in [9.17, 15) is 0 Å². The van der Waals surface area contributed by atoms with E-state index in [1.807, 2.05) is 0 Å². The van der Waals surface area contributed by atoms with Gasteiger partial charge >= 0.3 is 0 Å². The number of aryl methyl sites for hydroxylation is 1. The van der Waals surface area contributed by atoms with Crippen molar-refractivity contribution in [2.75, 3.05) is 40.3 Å². The molecule has 0 amide bonds. The highest BCUT2D eigenvalue weighted by Crippen LogP contribution is 2.35. The van der Waals surface area contributed by atoms with Crippen LogP contribution in [0.3, 0.4) is 0 Å². The number of piperidine rings is 1. The second-order valence-electron chi connectivity index (χ2n) is 11.5. The van der Waals surface area contributed by atoms with Crippen LogP contribution in [0.25, 0.3) is 11.0 Å². The predicted octanol–water partition coefficient (Wildman–Crippen LogP) is 5.61. The van der Waals surface area contributed by atoms with Crippen molar-refractivity contribution in [3.05, 3.63) is 59.6 Å². The lowest BCUT2D eigenvalue weighted by Gasteiger charge is -2.34. The third-order valence-electron chi connectivity index (χ3n) is 7.97. The molecule has 2 aromatic rings. The molecule has 7 heteroatoms. The van der Waals surface area contributed by atoms with Crippen LogP contribution in [0.1, 0.15) is 50.3 Å². The summed E-state index contributed by atoms with van der Waals surface area (Å²) in [5, 5.41) is 8.69. The van der Waals surface area contributed by atoms with Crippen LogP contribution in [0.15, 0.2) is 52.9 Å². The second kappa shape index (κ2) is 11.0. The summed E-state index contributed by atoms with van der Waals surface area (Å²) in [6.07, 6.45) is 11.9. The van der Waals surface area contributed by atoms with Gasteiger partial charge in [-0.15, -0.1) is 0 Å². The Morgan fingerprint density at radius 2 is 2.00 bits per heavy atom. The van der Waals surface area contributed by atoms with Crippen molar-refractivity contribution in [1.82, 2.24) is 20.3 Å². The molecule has 0 radical (unpaired) electrons. The molecule has 1 N–H and O–H groups in total. The molecule has 1 saturated heterocycles. The molecule has 200 valence electrons. The Kier molecular flexibility index (Phi) is 7.72. The minimum atomic E-state index is -1.45. The maximum Gasteiger partial charge on any atom is 0.175 e. The molecule has 1 saturated carbocycles. The van der Waals surface area contributed by atoms with Gasteiger partial charge in [0.1, 0.15) is 5.75 Å². The van der Waals surface area contributed by atoms with Gasteiger partial charge in [-0.25, -0.2) is 4.39 Å². The van der Waals surface area contributed by atoms with Crippen molar-refractivity contribution in [2.45, 2.75) is 57.7 Å². The van der Waals surface area contributed by atoms with Crippen LogP contribution in [0, 0.1) is 11.8 Å². The largest absolute Gasteiger partial charge is 0.493 e. The molecule has 0 bridgehead atoms. The lowest BCUT2D eigenvalue weighted by atomic mass is 9.90. The fourth-order valence-electron chi connectivity index (χ4n) is 5.31. The predicted molar refractivity (Wildman–Crippen MR) is 146 cm³/mol. The number of hydrogen-bond donors (Lipinski definition) is 1. The molecule has 2 fully saturated rings. The standard InChI is InChI=1S/C30H41FN4O2/c1-21-11-14-30(2,31)24(17-32-21)18-35-15-12-22(13-16-35)7-9-27-25-8-10-28(36-20-23-5-6-23)26(19-34(3)4)29(25)37-33-27/h8,10-11,14,17,22-23,32H,1,5-7,9,12-13,15-16,18-20H2,2-4H3. The second-order valence-corrected chi connectivity index (χ2v) is 11.5. The van der Waals surface area contributed by atoms with Gasteiger partial charge in [0.15, 0.2) is 11.3 Å². The van der Waals surface area contributed by atoms with Crippen molar-refractivity contribution < 1.29 is 13.7 Å². The average Bonchev–Trinajstić information content (AvgIpc) is 3.63. The summed E-state index contributed by atoms with van der Waals surface area (Å²) in [4.78, 5) is 4.51. The molecular formula is C30H41FN4O2. The first-order valence-corrected chi connectivity index (χ1v) is 13.7. The topological polar surface area (TPSA) is 53.8 Å². The highest BCUT2D eigenvalue weighted by Gasteiger charge is 2.30. The monoisotopic (exact) mass is 508 g/mol. The van der Waals surface area contributed by atoms with Crippen LogP contribution in [0.4, 0.5) is 4.39 Å². The van der Waals surface area contributed by atoms with E-state index in [-0.39, 0.29) is 0 Å². The fourth-order valence-corrected chi connectivity index (χ4v) is 5.31. The SMILES string of the molecule is C=C1C=CC(C)(F)C(CN2CCC(CCc3noc4c(CN(C)C)c(OCC5CC5)ccc34)CC2)=CN1. The van der Waals surface area contributed by atoms with Gasteiger partial charge < -0.3 is 19.5 Å². The van der Waals surface area contributed by atoms with Crippen molar-refractivity contribution in [1.29, 1.82) is 0 Å². The number of allylic oxidation sites excluding steroid dienone is 2. The van der Waals surface area contributed by atoms with Gasteiger partial charge in [0.05, 0.1) is 17.9 Å². The van der Waals surface area contributed by atoms with Crippen molar-refractivity contribution in [3.63, 3.8) is 0 Å². The molecule has 3 aliphatic rings. The molecular weight excluding hydrogens is 467 g/mol. The maximum atomic E-state index is 15.1. The highest BCUT2D eigenvalue weighted by atomic mass is 19.1. The number of aromatic nitrogens is 1. The minimum Gasteiger partial charge on any atom is -0.493 e. The lowest BCUT2D eigenvalue weighted by molar-refractivity contribution is 0.177. The first-order valence-electron chi connectivity index (χ1n) is 13.7. The number of fused-ring (bicyclic) bond motifs is 1.